The molecule has 0 atom stereocenters. The number of aryl methyl sites for hydroxylation is 3. The Labute approximate surface area is 155 Å². The highest BCUT2D eigenvalue weighted by molar-refractivity contribution is 7.11. The maximum absolute atomic E-state index is 12.7. The van der Waals surface area contributed by atoms with Crippen molar-refractivity contribution in [1.29, 1.82) is 0 Å². The van der Waals surface area contributed by atoms with Crippen LogP contribution >= 0.6 is 11.3 Å². The first-order valence-corrected chi connectivity index (χ1v) is 10.0. The van der Waals surface area contributed by atoms with Crippen molar-refractivity contribution in [3.05, 3.63) is 39.2 Å². The van der Waals surface area contributed by atoms with Gasteiger partial charge in [-0.1, -0.05) is 0 Å². The number of amides is 1. The summed E-state index contributed by atoms with van der Waals surface area (Å²) < 4.78 is 1.93. The van der Waals surface area contributed by atoms with Gasteiger partial charge in [-0.05, 0) is 50.7 Å². The molecule has 0 aromatic carbocycles. The van der Waals surface area contributed by atoms with Gasteiger partial charge in [0.15, 0.2) is 11.5 Å². The van der Waals surface area contributed by atoms with E-state index in [2.05, 4.69) is 21.2 Å². The number of carbonyl (C=O) groups excluding carboxylic acids is 1. The number of hydrogen-bond donors (Lipinski definition) is 0. The predicted molar refractivity (Wildman–Crippen MR) is 97.5 cm³/mol. The molecule has 4 heterocycles. The minimum atomic E-state index is 0.102. The summed E-state index contributed by atoms with van der Waals surface area (Å²) in [5.74, 6) is 1.34. The molecule has 0 spiro atoms. The zero-order chi connectivity index (χ0) is 17.7. The van der Waals surface area contributed by atoms with Crippen LogP contribution in [-0.4, -0.2) is 48.7 Å². The van der Waals surface area contributed by atoms with Crippen LogP contribution in [0.3, 0.4) is 0 Å². The lowest BCUT2D eigenvalue weighted by molar-refractivity contribution is 0.0714. The molecular formula is C18H20N6OS. The highest BCUT2D eigenvalue weighted by atomic mass is 32.1. The van der Waals surface area contributed by atoms with E-state index < -0.39 is 0 Å². The van der Waals surface area contributed by atoms with Crippen LogP contribution in [0.15, 0.2) is 11.6 Å². The Morgan fingerprint density at radius 3 is 2.85 bits per heavy atom. The minimum absolute atomic E-state index is 0.102. The zero-order valence-corrected chi connectivity index (χ0v) is 15.5. The van der Waals surface area contributed by atoms with Crippen molar-refractivity contribution in [2.24, 2.45) is 0 Å². The summed E-state index contributed by atoms with van der Waals surface area (Å²) in [6, 6.07) is 2.14. The monoisotopic (exact) mass is 368 g/mol. The molecule has 26 heavy (non-hydrogen) atoms. The van der Waals surface area contributed by atoms with Crippen LogP contribution in [0.5, 0.6) is 0 Å². The highest BCUT2D eigenvalue weighted by Gasteiger charge is 2.29. The zero-order valence-electron chi connectivity index (χ0n) is 14.7. The Morgan fingerprint density at radius 2 is 2.08 bits per heavy atom. The number of carbonyl (C=O) groups is 1. The van der Waals surface area contributed by atoms with Crippen LogP contribution in [0.4, 0.5) is 0 Å². The maximum atomic E-state index is 12.7. The molecule has 1 fully saturated rings. The molecule has 0 unspecified atom stereocenters. The maximum Gasteiger partial charge on any atom is 0.265 e. The van der Waals surface area contributed by atoms with Crippen molar-refractivity contribution < 1.29 is 4.79 Å². The number of piperidine rings is 1. The van der Waals surface area contributed by atoms with E-state index in [1.165, 1.54) is 29.0 Å². The third-order valence-electron chi connectivity index (χ3n) is 5.53. The van der Waals surface area contributed by atoms with Crippen LogP contribution in [0.1, 0.15) is 57.6 Å². The van der Waals surface area contributed by atoms with E-state index in [-0.39, 0.29) is 5.91 Å². The van der Waals surface area contributed by atoms with E-state index in [0.717, 1.165) is 60.8 Å². The molecule has 7 nitrogen and oxygen atoms in total. The van der Waals surface area contributed by atoms with Gasteiger partial charge < -0.3 is 4.90 Å². The molecule has 1 saturated heterocycles. The number of rotatable bonds is 2. The largest absolute Gasteiger partial charge is 0.338 e. The van der Waals surface area contributed by atoms with E-state index in [0.29, 0.717) is 5.92 Å². The Hall–Kier alpha value is -2.35. The molecule has 3 aromatic rings. The SMILES string of the molecule is Cc1ncsc1C(=O)N1CCC(c2nnc3cc4c(nn23)CCC4)CC1. The summed E-state index contributed by atoms with van der Waals surface area (Å²) in [6.07, 6.45) is 5.10. The number of aromatic nitrogens is 5. The molecule has 0 N–H and O–H groups in total. The molecule has 0 saturated carbocycles. The summed E-state index contributed by atoms with van der Waals surface area (Å²) in [4.78, 5) is 19.6. The number of fused-ring (bicyclic) bond motifs is 2. The normalized spacial score (nSPS) is 17.8. The molecule has 1 amide bonds. The van der Waals surface area contributed by atoms with Gasteiger partial charge in [0, 0.05) is 19.0 Å². The fraction of sp³-hybridized carbons (Fsp3) is 0.500. The number of thiazole rings is 1. The van der Waals surface area contributed by atoms with E-state index in [1.54, 1.807) is 5.51 Å². The smallest absolute Gasteiger partial charge is 0.265 e. The van der Waals surface area contributed by atoms with Crippen molar-refractivity contribution >= 4 is 22.9 Å². The third kappa shape index (κ3) is 2.51. The number of nitrogens with zero attached hydrogens (tertiary/aromatic N) is 6. The lowest BCUT2D eigenvalue weighted by atomic mass is 9.96. The van der Waals surface area contributed by atoms with Crippen LogP contribution in [0.2, 0.25) is 0 Å². The third-order valence-corrected chi connectivity index (χ3v) is 6.45. The van der Waals surface area contributed by atoms with E-state index in [9.17, 15) is 4.79 Å². The second-order valence-electron chi connectivity index (χ2n) is 7.13. The van der Waals surface area contributed by atoms with Crippen molar-refractivity contribution in [2.45, 2.75) is 44.9 Å². The Balaban J connectivity index is 1.35. The van der Waals surface area contributed by atoms with Crippen molar-refractivity contribution in [2.75, 3.05) is 13.1 Å². The predicted octanol–water partition coefficient (Wildman–Crippen LogP) is 2.40. The average molecular weight is 368 g/mol. The lowest BCUT2D eigenvalue weighted by Crippen LogP contribution is -2.38. The summed E-state index contributed by atoms with van der Waals surface area (Å²) in [5, 5.41) is 13.6. The van der Waals surface area contributed by atoms with E-state index in [4.69, 9.17) is 5.10 Å². The Bertz CT molecular complexity index is 985. The Morgan fingerprint density at radius 1 is 1.23 bits per heavy atom. The first-order valence-electron chi connectivity index (χ1n) is 9.14. The van der Waals surface area contributed by atoms with Gasteiger partial charge in [0.25, 0.3) is 5.91 Å². The van der Waals surface area contributed by atoms with Crippen LogP contribution in [0.25, 0.3) is 5.65 Å². The van der Waals surface area contributed by atoms with Gasteiger partial charge in [-0.25, -0.2) is 4.98 Å². The lowest BCUT2D eigenvalue weighted by Gasteiger charge is -2.30. The summed E-state index contributed by atoms with van der Waals surface area (Å²) in [6.45, 7) is 3.37. The second-order valence-corrected chi connectivity index (χ2v) is 7.99. The minimum Gasteiger partial charge on any atom is -0.338 e. The van der Waals surface area contributed by atoms with Gasteiger partial charge in [0.2, 0.25) is 0 Å². The van der Waals surface area contributed by atoms with Crippen molar-refractivity contribution in [3.8, 4) is 0 Å². The van der Waals surface area contributed by atoms with Gasteiger partial charge in [-0.3, -0.25) is 4.79 Å². The second kappa shape index (κ2) is 6.12. The molecule has 5 rings (SSSR count). The molecule has 8 heteroatoms. The van der Waals surface area contributed by atoms with Crippen LogP contribution in [0, 0.1) is 6.92 Å². The quantitative estimate of drug-likeness (QED) is 0.694. The van der Waals surface area contributed by atoms with Gasteiger partial charge in [0.05, 0.1) is 16.9 Å². The summed E-state index contributed by atoms with van der Waals surface area (Å²) in [7, 11) is 0. The van der Waals surface area contributed by atoms with Gasteiger partial charge in [0.1, 0.15) is 4.88 Å². The average Bonchev–Trinajstić information content (AvgIpc) is 3.38. The molecular weight excluding hydrogens is 348 g/mol. The van der Waals surface area contributed by atoms with Gasteiger partial charge >= 0.3 is 0 Å². The molecule has 0 radical (unpaired) electrons. The summed E-state index contributed by atoms with van der Waals surface area (Å²) in [5.41, 5.74) is 5.91. The molecule has 134 valence electrons. The van der Waals surface area contributed by atoms with Crippen molar-refractivity contribution in [3.63, 3.8) is 0 Å². The van der Waals surface area contributed by atoms with Gasteiger partial charge in [-0.15, -0.1) is 21.5 Å². The number of hydrogen-bond acceptors (Lipinski definition) is 6. The fourth-order valence-corrected chi connectivity index (χ4v) is 4.81. The molecule has 1 aliphatic heterocycles. The van der Waals surface area contributed by atoms with Crippen LogP contribution in [-0.2, 0) is 12.8 Å². The number of likely N-dealkylation sites (tertiary alicyclic amines) is 1. The Kier molecular flexibility index (Phi) is 3.74. The van der Waals surface area contributed by atoms with Crippen molar-refractivity contribution in [1.82, 2.24) is 29.7 Å². The first kappa shape index (κ1) is 15.9. The topological polar surface area (TPSA) is 76.3 Å². The molecule has 3 aromatic heterocycles. The standard InChI is InChI=1S/C18H20N6OS/c1-11-16(26-10-19-11)18(25)23-7-5-12(6-8-23)17-21-20-15-9-13-3-2-4-14(13)22-24(15)17/h9-10,12H,2-8H2,1H3. The van der Waals surface area contributed by atoms with Gasteiger partial charge in [-0.2, -0.15) is 9.61 Å². The fourth-order valence-electron chi connectivity index (χ4n) is 4.04. The highest BCUT2D eigenvalue weighted by Crippen LogP contribution is 2.29. The first-order chi connectivity index (χ1) is 12.7. The van der Waals surface area contributed by atoms with E-state index in [1.807, 2.05) is 16.3 Å². The molecule has 2 aliphatic rings. The molecule has 1 aliphatic carbocycles. The van der Waals surface area contributed by atoms with E-state index >= 15 is 0 Å². The van der Waals surface area contributed by atoms with Crippen LogP contribution < -0.4 is 0 Å². The molecule has 0 bridgehead atoms. The summed E-state index contributed by atoms with van der Waals surface area (Å²) >= 11 is 1.42.